The van der Waals surface area contributed by atoms with E-state index in [-0.39, 0.29) is 11.8 Å². The molecule has 2 heterocycles. The van der Waals surface area contributed by atoms with Gasteiger partial charge in [-0.15, -0.1) is 0 Å². The van der Waals surface area contributed by atoms with E-state index in [2.05, 4.69) is 9.55 Å². The van der Waals surface area contributed by atoms with E-state index in [1.54, 1.807) is 12.0 Å². The van der Waals surface area contributed by atoms with Gasteiger partial charge in [0.1, 0.15) is 5.75 Å². The predicted molar refractivity (Wildman–Crippen MR) is 84.7 cm³/mol. The number of hydrogen-bond acceptors (Lipinski definition) is 5. The van der Waals surface area contributed by atoms with Crippen LogP contribution in [0.3, 0.4) is 0 Å². The molecule has 1 saturated carbocycles. The summed E-state index contributed by atoms with van der Waals surface area (Å²) in [5, 5.41) is 0. The van der Waals surface area contributed by atoms with E-state index in [0.29, 0.717) is 19.7 Å². The first-order valence-electron chi connectivity index (χ1n) is 7.85. The Labute approximate surface area is 136 Å². The molecule has 0 spiro atoms. The summed E-state index contributed by atoms with van der Waals surface area (Å²) in [6, 6.07) is 0. The van der Waals surface area contributed by atoms with Crippen LogP contribution >= 0.6 is 0 Å². The summed E-state index contributed by atoms with van der Waals surface area (Å²) in [6.45, 7) is 2.32. The second kappa shape index (κ2) is 6.24. The van der Waals surface area contributed by atoms with Gasteiger partial charge in [0, 0.05) is 38.1 Å². The van der Waals surface area contributed by atoms with Crippen molar-refractivity contribution in [2.24, 2.45) is 5.92 Å². The second-order valence-corrected chi connectivity index (χ2v) is 8.81. The van der Waals surface area contributed by atoms with E-state index in [4.69, 9.17) is 4.74 Å². The molecule has 1 atom stereocenters. The molecule has 128 valence electrons. The summed E-state index contributed by atoms with van der Waals surface area (Å²) in [4.78, 5) is 18.3. The SMILES string of the molecule is COCC1CN(C(=O)CS(C)(=O)=O)Cc2ncn(CC3CC3)c21. The van der Waals surface area contributed by atoms with E-state index in [0.717, 1.165) is 30.1 Å². The fourth-order valence-corrected chi connectivity index (χ4v) is 3.82. The summed E-state index contributed by atoms with van der Waals surface area (Å²) < 4.78 is 30.3. The Balaban J connectivity index is 1.81. The van der Waals surface area contributed by atoms with Gasteiger partial charge in [-0.2, -0.15) is 0 Å². The van der Waals surface area contributed by atoms with Gasteiger partial charge in [-0.25, -0.2) is 13.4 Å². The fraction of sp³-hybridized carbons (Fsp3) is 0.733. The third-order valence-electron chi connectivity index (χ3n) is 4.38. The first kappa shape index (κ1) is 16.4. The zero-order valence-electron chi connectivity index (χ0n) is 13.6. The van der Waals surface area contributed by atoms with Crippen molar-refractivity contribution in [1.29, 1.82) is 0 Å². The highest BCUT2D eigenvalue weighted by Gasteiger charge is 2.34. The number of aromatic nitrogens is 2. The molecule has 1 aliphatic heterocycles. The lowest BCUT2D eigenvalue weighted by Crippen LogP contribution is -2.42. The van der Waals surface area contributed by atoms with Crippen molar-refractivity contribution in [3.05, 3.63) is 17.7 Å². The minimum absolute atomic E-state index is 0.0357. The van der Waals surface area contributed by atoms with Crippen molar-refractivity contribution in [3.8, 4) is 0 Å². The number of ether oxygens (including phenoxy) is 1. The predicted octanol–water partition coefficient (Wildman–Crippen LogP) is 0.410. The van der Waals surface area contributed by atoms with E-state index in [9.17, 15) is 13.2 Å². The molecule has 1 unspecified atom stereocenters. The first-order valence-corrected chi connectivity index (χ1v) is 9.91. The second-order valence-electron chi connectivity index (χ2n) is 6.67. The number of imidazole rings is 1. The zero-order chi connectivity index (χ0) is 16.6. The van der Waals surface area contributed by atoms with Crippen LogP contribution in [0.1, 0.15) is 30.1 Å². The molecule has 1 aliphatic carbocycles. The summed E-state index contributed by atoms with van der Waals surface area (Å²) in [7, 11) is -1.69. The Hall–Kier alpha value is -1.41. The van der Waals surface area contributed by atoms with E-state index in [1.165, 1.54) is 12.8 Å². The lowest BCUT2D eigenvalue weighted by molar-refractivity contribution is -0.130. The molecule has 3 rings (SSSR count). The number of nitrogens with zero attached hydrogens (tertiary/aromatic N) is 3. The lowest BCUT2D eigenvalue weighted by atomic mass is 9.98. The number of rotatable bonds is 6. The standard InChI is InChI=1S/C15H23N3O4S/c1-22-8-12-6-17(14(19)9-23(2,20)21)7-13-15(12)18(10-16-13)5-11-3-4-11/h10-12H,3-9H2,1-2H3. The van der Waals surface area contributed by atoms with Crippen LogP contribution in [0.4, 0.5) is 0 Å². The van der Waals surface area contributed by atoms with Gasteiger partial charge < -0.3 is 14.2 Å². The summed E-state index contributed by atoms with van der Waals surface area (Å²) in [5.41, 5.74) is 2.00. The van der Waals surface area contributed by atoms with Gasteiger partial charge in [0.05, 0.1) is 25.2 Å². The minimum Gasteiger partial charge on any atom is -0.384 e. The Bertz CT molecular complexity index is 694. The molecule has 0 saturated heterocycles. The largest absolute Gasteiger partial charge is 0.384 e. The molecule has 7 nitrogen and oxygen atoms in total. The molecule has 2 aliphatic rings. The number of fused-ring (bicyclic) bond motifs is 1. The summed E-state index contributed by atoms with van der Waals surface area (Å²) in [6.07, 6.45) is 5.45. The van der Waals surface area contributed by atoms with Crippen LogP contribution in [-0.4, -0.2) is 61.0 Å². The maximum absolute atomic E-state index is 12.2. The Kier molecular flexibility index (Phi) is 4.46. The van der Waals surface area contributed by atoms with Crippen molar-refractivity contribution in [2.45, 2.75) is 31.8 Å². The highest BCUT2D eigenvalue weighted by molar-refractivity contribution is 7.91. The van der Waals surface area contributed by atoms with Crippen molar-refractivity contribution in [1.82, 2.24) is 14.5 Å². The lowest BCUT2D eigenvalue weighted by Gasteiger charge is -2.33. The normalized spacial score (nSPS) is 21.3. The van der Waals surface area contributed by atoms with E-state index in [1.807, 2.05) is 6.33 Å². The maximum atomic E-state index is 12.2. The van der Waals surface area contributed by atoms with Gasteiger partial charge in [-0.3, -0.25) is 4.79 Å². The Morgan fingerprint density at radius 2 is 2.17 bits per heavy atom. The molecular formula is C15H23N3O4S. The maximum Gasteiger partial charge on any atom is 0.238 e. The topological polar surface area (TPSA) is 81.5 Å². The molecule has 1 aromatic heterocycles. The van der Waals surface area contributed by atoms with Gasteiger partial charge in [-0.1, -0.05) is 0 Å². The molecule has 0 N–H and O–H groups in total. The van der Waals surface area contributed by atoms with Crippen LogP contribution in [0, 0.1) is 5.92 Å². The zero-order valence-corrected chi connectivity index (χ0v) is 14.4. The third-order valence-corrected chi connectivity index (χ3v) is 5.16. The van der Waals surface area contributed by atoms with Crippen molar-refractivity contribution < 1.29 is 17.9 Å². The average Bonchev–Trinajstić information content (AvgIpc) is 3.17. The minimum atomic E-state index is -3.33. The quantitative estimate of drug-likeness (QED) is 0.748. The Morgan fingerprint density at radius 3 is 2.78 bits per heavy atom. The number of carbonyl (C=O) groups is 1. The van der Waals surface area contributed by atoms with E-state index >= 15 is 0 Å². The van der Waals surface area contributed by atoms with Crippen LogP contribution in [-0.2, 0) is 32.5 Å². The highest BCUT2D eigenvalue weighted by atomic mass is 32.2. The van der Waals surface area contributed by atoms with Gasteiger partial charge in [-0.05, 0) is 18.8 Å². The molecule has 23 heavy (non-hydrogen) atoms. The number of sulfone groups is 1. The molecular weight excluding hydrogens is 318 g/mol. The van der Waals surface area contributed by atoms with Crippen LogP contribution < -0.4 is 0 Å². The molecule has 8 heteroatoms. The van der Waals surface area contributed by atoms with Crippen molar-refractivity contribution >= 4 is 15.7 Å². The molecule has 1 fully saturated rings. The monoisotopic (exact) mass is 341 g/mol. The van der Waals surface area contributed by atoms with Gasteiger partial charge in [0.25, 0.3) is 0 Å². The number of hydrogen-bond donors (Lipinski definition) is 0. The summed E-state index contributed by atoms with van der Waals surface area (Å²) in [5.74, 6) is -0.0453. The van der Waals surface area contributed by atoms with Gasteiger partial charge in [0.2, 0.25) is 5.91 Å². The number of carbonyl (C=O) groups excluding carboxylic acids is 1. The summed E-state index contributed by atoms with van der Waals surface area (Å²) >= 11 is 0. The van der Waals surface area contributed by atoms with Crippen LogP contribution in [0.5, 0.6) is 0 Å². The third kappa shape index (κ3) is 3.92. The van der Waals surface area contributed by atoms with Crippen molar-refractivity contribution in [3.63, 3.8) is 0 Å². The van der Waals surface area contributed by atoms with Gasteiger partial charge >= 0.3 is 0 Å². The highest BCUT2D eigenvalue weighted by Crippen LogP contribution is 2.34. The number of methoxy groups -OCH3 is 1. The first-order chi connectivity index (χ1) is 10.9. The molecule has 0 radical (unpaired) electrons. The Morgan fingerprint density at radius 1 is 1.43 bits per heavy atom. The van der Waals surface area contributed by atoms with E-state index < -0.39 is 15.6 Å². The van der Waals surface area contributed by atoms with Crippen LogP contribution in [0.15, 0.2) is 6.33 Å². The van der Waals surface area contributed by atoms with Crippen LogP contribution in [0.25, 0.3) is 0 Å². The molecule has 0 aromatic carbocycles. The van der Waals surface area contributed by atoms with Crippen molar-refractivity contribution in [2.75, 3.05) is 32.3 Å². The fourth-order valence-electron chi connectivity index (χ4n) is 3.19. The molecule has 1 aromatic rings. The molecule has 1 amide bonds. The average molecular weight is 341 g/mol. The number of amides is 1. The smallest absolute Gasteiger partial charge is 0.238 e. The van der Waals surface area contributed by atoms with Gasteiger partial charge in [0.15, 0.2) is 9.84 Å². The van der Waals surface area contributed by atoms with Crippen LogP contribution in [0.2, 0.25) is 0 Å². The molecule has 0 bridgehead atoms.